The molecule has 164 valence electrons. The number of nitrogens with zero attached hydrogens (tertiary/aromatic N) is 1. The molecule has 0 bridgehead atoms. The minimum Gasteiger partial charge on any atom is -0.497 e. The number of hydrogen-bond acceptors (Lipinski definition) is 5. The molecule has 0 aromatic heterocycles. The molecule has 1 fully saturated rings. The van der Waals surface area contributed by atoms with Gasteiger partial charge in [-0.2, -0.15) is 8.78 Å². The molecule has 0 spiro atoms. The summed E-state index contributed by atoms with van der Waals surface area (Å²) in [6.07, 6.45) is 2.42. The summed E-state index contributed by atoms with van der Waals surface area (Å²) in [5.41, 5.74) is 2.17. The van der Waals surface area contributed by atoms with Crippen LogP contribution in [0.2, 0.25) is 0 Å². The Kier molecular flexibility index (Phi) is 8.28. The maximum atomic E-state index is 12.6. The molecular formula is C23H30F2N2O3. The highest BCUT2D eigenvalue weighted by atomic mass is 19.3. The zero-order chi connectivity index (χ0) is 21.3. The Labute approximate surface area is 176 Å². The van der Waals surface area contributed by atoms with Crippen LogP contribution < -0.4 is 19.5 Å². The smallest absolute Gasteiger partial charge is 0.387 e. The Morgan fingerprint density at radius 2 is 1.87 bits per heavy atom. The van der Waals surface area contributed by atoms with Gasteiger partial charge in [0.25, 0.3) is 0 Å². The zero-order valence-corrected chi connectivity index (χ0v) is 17.6. The van der Waals surface area contributed by atoms with Gasteiger partial charge in [-0.3, -0.25) is 4.90 Å². The molecule has 1 unspecified atom stereocenters. The lowest BCUT2D eigenvalue weighted by Crippen LogP contribution is -2.34. The van der Waals surface area contributed by atoms with Gasteiger partial charge in [-0.25, -0.2) is 0 Å². The van der Waals surface area contributed by atoms with E-state index < -0.39 is 6.61 Å². The summed E-state index contributed by atoms with van der Waals surface area (Å²) in [6, 6.07) is 13.5. The summed E-state index contributed by atoms with van der Waals surface area (Å²) in [5.74, 6) is 1.25. The number of methoxy groups -OCH3 is 1. The van der Waals surface area contributed by atoms with Gasteiger partial charge in [0.05, 0.1) is 13.7 Å². The van der Waals surface area contributed by atoms with E-state index in [0.717, 1.165) is 30.9 Å². The monoisotopic (exact) mass is 420 g/mol. The zero-order valence-electron chi connectivity index (χ0n) is 17.6. The minimum absolute atomic E-state index is 0.0573. The van der Waals surface area contributed by atoms with Gasteiger partial charge >= 0.3 is 6.61 Å². The molecule has 1 aliphatic rings. The lowest BCUT2D eigenvalue weighted by atomic mass is 10.0. The van der Waals surface area contributed by atoms with Crippen LogP contribution in [0.5, 0.6) is 17.2 Å². The van der Waals surface area contributed by atoms with Crippen molar-refractivity contribution in [3.63, 3.8) is 0 Å². The highest BCUT2D eigenvalue weighted by Crippen LogP contribution is 2.30. The maximum Gasteiger partial charge on any atom is 0.387 e. The Balaban J connectivity index is 1.67. The van der Waals surface area contributed by atoms with E-state index in [4.69, 9.17) is 9.47 Å². The second-order valence-electron chi connectivity index (χ2n) is 7.26. The lowest BCUT2D eigenvalue weighted by Gasteiger charge is -2.28. The van der Waals surface area contributed by atoms with Gasteiger partial charge in [0.15, 0.2) is 11.5 Å². The van der Waals surface area contributed by atoms with E-state index in [9.17, 15) is 8.78 Å². The molecule has 0 radical (unpaired) electrons. The summed E-state index contributed by atoms with van der Waals surface area (Å²) < 4.78 is 40.6. The predicted octanol–water partition coefficient (Wildman–Crippen LogP) is 4.62. The molecule has 1 N–H and O–H groups in total. The summed E-state index contributed by atoms with van der Waals surface area (Å²) in [4.78, 5) is 2.49. The fraction of sp³-hybridized carbons (Fsp3) is 0.478. The normalized spacial score (nSPS) is 15.4. The minimum atomic E-state index is -2.88. The van der Waals surface area contributed by atoms with Crippen LogP contribution in [0.3, 0.4) is 0 Å². The van der Waals surface area contributed by atoms with Gasteiger partial charge in [0.2, 0.25) is 0 Å². The van der Waals surface area contributed by atoms with Crippen molar-refractivity contribution in [3.05, 3.63) is 53.6 Å². The van der Waals surface area contributed by atoms with Crippen LogP contribution in [0.15, 0.2) is 42.5 Å². The molecule has 0 amide bonds. The third kappa shape index (κ3) is 6.06. The molecule has 1 aliphatic heterocycles. The Morgan fingerprint density at radius 3 is 2.57 bits per heavy atom. The highest BCUT2D eigenvalue weighted by molar-refractivity contribution is 5.43. The van der Waals surface area contributed by atoms with Crippen LogP contribution >= 0.6 is 0 Å². The first-order valence-corrected chi connectivity index (χ1v) is 10.4. The number of benzene rings is 2. The van der Waals surface area contributed by atoms with Crippen LogP contribution in [-0.2, 0) is 6.54 Å². The number of nitrogens with one attached hydrogen (secondary N) is 1. The highest BCUT2D eigenvalue weighted by Gasteiger charge is 2.23. The number of halogens is 2. The van der Waals surface area contributed by atoms with Gasteiger partial charge in [-0.1, -0.05) is 18.2 Å². The predicted molar refractivity (Wildman–Crippen MR) is 112 cm³/mol. The van der Waals surface area contributed by atoms with Crippen molar-refractivity contribution in [1.29, 1.82) is 0 Å². The van der Waals surface area contributed by atoms with Crippen molar-refractivity contribution in [2.75, 3.05) is 33.4 Å². The molecule has 5 nitrogen and oxygen atoms in total. The first-order valence-electron chi connectivity index (χ1n) is 10.4. The van der Waals surface area contributed by atoms with Crippen molar-refractivity contribution in [3.8, 4) is 17.2 Å². The third-order valence-electron chi connectivity index (χ3n) is 5.25. The van der Waals surface area contributed by atoms with Crippen LogP contribution in [-0.4, -0.2) is 44.9 Å². The Hall–Kier alpha value is -2.38. The first kappa shape index (κ1) is 22.3. The van der Waals surface area contributed by atoms with E-state index in [1.807, 2.05) is 19.1 Å². The van der Waals surface area contributed by atoms with Crippen molar-refractivity contribution in [2.45, 2.75) is 39.0 Å². The molecule has 0 aliphatic carbocycles. The molecule has 3 rings (SSSR count). The first-order chi connectivity index (χ1) is 14.6. The number of hydrogen-bond donors (Lipinski definition) is 1. The number of alkyl halides is 2. The molecule has 1 atom stereocenters. The molecule has 30 heavy (non-hydrogen) atoms. The van der Waals surface area contributed by atoms with Gasteiger partial charge in [-0.05, 0) is 68.2 Å². The third-order valence-corrected chi connectivity index (χ3v) is 5.25. The molecule has 0 saturated carbocycles. The molecule has 1 heterocycles. The summed E-state index contributed by atoms with van der Waals surface area (Å²) in [5, 5.41) is 3.52. The topological polar surface area (TPSA) is 43.0 Å². The summed E-state index contributed by atoms with van der Waals surface area (Å²) in [6.45, 7) is 2.85. The average Bonchev–Trinajstić information content (AvgIpc) is 3.27. The molecular weight excluding hydrogens is 390 g/mol. The van der Waals surface area contributed by atoms with Crippen LogP contribution in [0.25, 0.3) is 0 Å². The standard InChI is InChI=1S/C23H30F2N2O3/c1-3-29-22-13-17(9-10-21(22)30-23(24)25)15-26-16-20(27-11-4-5-12-27)18-7-6-8-19(14-18)28-2/h6-10,13-14,20,23,26H,3-5,11-12,15-16H2,1-2H3. The van der Waals surface area contributed by atoms with Crippen molar-refractivity contribution in [1.82, 2.24) is 10.2 Å². The fourth-order valence-corrected chi connectivity index (χ4v) is 3.84. The van der Waals surface area contributed by atoms with Crippen LogP contribution in [0, 0.1) is 0 Å². The number of rotatable bonds is 11. The van der Waals surface area contributed by atoms with E-state index in [1.165, 1.54) is 24.5 Å². The van der Waals surface area contributed by atoms with Crippen LogP contribution in [0.4, 0.5) is 8.78 Å². The molecule has 7 heteroatoms. The van der Waals surface area contributed by atoms with E-state index >= 15 is 0 Å². The second-order valence-corrected chi connectivity index (χ2v) is 7.26. The number of likely N-dealkylation sites (tertiary alicyclic amines) is 1. The number of ether oxygens (including phenoxy) is 3. The average molecular weight is 421 g/mol. The van der Waals surface area contributed by atoms with Gasteiger partial charge < -0.3 is 19.5 Å². The van der Waals surface area contributed by atoms with Crippen LogP contribution in [0.1, 0.15) is 36.9 Å². The maximum absolute atomic E-state index is 12.6. The fourth-order valence-electron chi connectivity index (χ4n) is 3.84. The van der Waals surface area contributed by atoms with E-state index in [1.54, 1.807) is 19.2 Å². The van der Waals surface area contributed by atoms with Crippen molar-refractivity contribution in [2.24, 2.45) is 0 Å². The van der Waals surface area contributed by atoms with Gasteiger partial charge in [0.1, 0.15) is 5.75 Å². The summed E-state index contributed by atoms with van der Waals surface area (Å²) >= 11 is 0. The second kappa shape index (κ2) is 11.1. The van der Waals surface area contributed by atoms with Gasteiger partial charge in [-0.15, -0.1) is 0 Å². The molecule has 1 saturated heterocycles. The van der Waals surface area contributed by atoms with Crippen molar-refractivity contribution >= 4 is 0 Å². The van der Waals surface area contributed by atoms with Gasteiger partial charge in [0, 0.05) is 19.1 Å². The Morgan fingerprint density at radius 1 is 1.07 bits per heavy atom. The molecule has 2 aromatic rings. The largest absolute Gasteiger partial charge is 0.497 e. The van der Waals surface area contributed by atoms with E-state index in [0.29, 0.717) is 18.9 Å². The molecule has 2 aromatic carbocycles. The van der Waals surface area contributed by atoms with E-state index in [2.05, 4.69) is 27.1 Å². The SMILES string of the molecule is CCOc1cc(CNCC(c2cccc(OC)c2)N2CCCC2)ccc1OC(F)F. The Bertz CT molecular complexity index is 798. The van der Waals surface area contributed by atoms with E-state index in [-0.39, 0.29) is 11.8 Å². The summed E-state index contributed by atoms with van der Waals surface area (Å²) in [7, 11) is 1.68. The quantitative estimate of drug-likeness (QED) is 0.575. The van der Waals surface area contributed by atoms with Crippen molar-refractivity contribution < 1.29 is 23.0 Å². The lowest BCUT2D eigenvalue weighted by molar-refractivity contribution is -0.0514.